The molecule has 1 aliphatic rings. The standard InChI is InChI=1S/C24H18ClFN2O4/c1-31-17-11-16(12-18(13-17)32-2)27-22-21(14-7-9-15(25)10-8-14)23(29)28(24(22)30)20-6-4-3-5-19(20)26/h3-13,27H,1-2H3. The number of carbonyl (C=O) groups is 2. The highest BCUT2D eigenvalue weighted by molar-refractivity contribution is 6.46. The summed E-state index contributed by atoms with van der Waals surface area (Å²) in [5.41, 5.74) is 0.879. The van der Waals surface area contributed by atoms with Crippen molar-refractivity contribution in [3.05, 3.63) is 88.8 Å². The van der Waals surface area contributed by atoms with Gasteiger partial charge in [-0.1, -0.05) is 35.9 Å². The minimum absolute atomic E-state index is 0.00381. The van der Waals surface area contributed by atoms with Crippen LogP contribution in [-0.4, -0.2) is 26.0 Å². The van der Waals surface area contributed by atoms with Crippen molar-refractivity contribution in [2.75, 3.05) is 24.4 Å². The molecular weight excluding hydrogens is 435 g/mol. The molecule has 3 aromatic carbocycles. The molecule has 0 saturated carbocycles. The maximum atomic E-state index is 14.5. The van der Waals surface area contributed by atoms with Crippen molar-refractivity contribution >= 4 is 40.4 Å². The average molecular weight is 453 g/mol. The predicted molar refractivity (Wildman–Crippen MR) is 120 cm³/mol. The van der Waals surface area contributed by atoms with Crippen LogP contribution in [-0.2, 0) is 9.59 Å². The average Bonchev–Trinajstić information content (AvgIpc) is 3.04. The Bertz CT molecular complexity index is 1220. The largest absolute Gasteiger partial charge is 0.497 e. The highest BCUT2D eigenvalue weighted by Gasteiger charge is 2.41. The second-order valence-electron chi connectivity index (χ2n) is 6.88. The number of carbonyl (C=O) groups excluding carboxylic acids is 2. The molecule has 1 aliphatic heterocycles. The van der Waals surface area contributed by atoms with Gasteiger partial charge in [0.2, 0.25) is 0 Å². The summed E-state index contributed by atoms with van der Waals surface area (Å²) < 4.78 is 25.0. The van der Waals surface area contributed by atoms with E-state index in [2.05, 4.69) is 5.32 Å². The lowest BCUT2D eigenvalue weighted by molar-refractivity contribution is -0.120. The van der Waals surface area contributed by atoms with Crippen LogP contribution in [0.2, 0.25) is 5.02 Å². The van der Waals surface area contributed by atoms with Crippen molar-refractivity contribution in [2.24, 2.45) is 0 Å². The normalized spacial score (nSPS) is 13.6. The highest BCUT2D eigenvalue weighted by atomic mass is 35.5. The molecule has 2 amide bonds. The molecule has 0 unspecified atom stereocenters. The number of halogens is 2. The van der Waals surface area contributed by atoms with Gasteiger partial charge in [0.1, 0.15) is 23.0 Å². The zero-order chi connectivity index (χ0) is 22.8. The van der Waals surface area contributed by atoms with Gasteiger partial charge in [0.15, 0.2) is 0 Å². The quantitative estimate of drug-likeness (QED) is 0.539. The Balaban J connectivity index is 1.85. The summed E-state index contributed by atoms with van der Waals surface area (Å²) in [5, 5.41) is 3.48. The van der Waals surface area contributed by atoms with E-state index in [1.54, 1.807) is 48.5 Å². The molecule has 4 rings (SSSR count). The van der Waals surface area contributed by atoms with Crippen LogP contribution in [0.3, 0.4) is 0 Å². The summed E-state index contributed by atoms with van der Waals surface area (Å²) in [7, 11) is 3.00. The number of methoxy groups -OCH3 is 2. The molecule has 0 atom stereocenters. The number of imide groups is 1. The second kappa shape index (κ2) is 8.72. The van der Waals surface area contributed by atoms with Gasteiger partial charge in [-0.25, -0.2) is 9.29 Å². The van der Waals surface area contributed by atoms with Gasteiger partial charge < -0.3 is 14.8 Å². The Hall–Kier alpha value is -3.84. The Morgan fingerprint density at radius 1 is 0.875 bits per heavy atom. The summed E-state index contributed by atoms with van der Waals surface area (Å²) in [4.78, 5) is 27.5. The third-order valence-electron chi connectivity index (χ3n) is 4.93. The first-order valence-electron chi connectivity index (χ1n) is 9.56. The number of nitrogens with zero attached hydrogens (tertiary/aromatic N) is 1. The van der Waals surface area contributed by atoms with Crippen LogP contribution in [0.5, 0.6) is 11.5 Å². The van der Waals surface area contributed by atoms with Gasteiger partial charge in [-0.2, -0.15) is 0 Å². The molecular formula is C24H18ClFN2O4. The Morgan fingerprint density at radius 3 is 2.09 bits per heavy atom. The van der Waals surface area contributed by atoms with Gasteiger partial charge in [0.05, 0.1) is 25.5 Å². The molecule has 0 fully saturated rings. The first-order valence-corrected chi connectivity index (χ1v) is 9.94. The van der Waals surface area contributed by atoms with Crippen molar-refractivity contribution in [1.29, 1.82) is 0 Å². The van der Waals surface area contributed by atoms with Gasteiger partial charge in [0.25, 0.3) is 11.8 Å². The number of rotatable bonds is 6. The van der Waals surface area contributed by atoms with Crippen LogP contribution in [0.4, 0.5) is 15.8 Å². The molecule has 32 heavy (non-hydrogen) atoms. The Labute approximate surface area is 188 Å². The number of nitrogens with one attached hydrogen (secondary N) is 1. The van der Waals surface area contributed by atoms with Gasteiger partial charge >= 0.3 is 0 Å². The Morgan fingerprint density at radius 2 is 1.50 bits per heavy atom. The number of amides is 2. The van der Waals surface area contributed by atoms with E-state index in [1.807, 2.05) is 0 Å². The number of benzene rings is 3. The molecule has 0 radical (unpaired) electrons. The van der Waals surface area contributed by atoms with Crippen molar-refractivity contribution in [3.8, 4) is 11.5 Å². The van der Waals surface area contributed by atoms with Gasteiger partial charge in [0, 0.05) is 28.9 Å². The lowest BCUT2D eigenvalue weighted by Crippen LogP contribution is -2.33. The van der Waals surface area contributed by atoms with Crippen molar-refractivity contribution in [2.45, 2.75) is 0 Å². The molecule has 0 aliphatic carbocycles. The van der Waals surface area contributed by atoms with Crippen LogP contribution < -0.4 is 19.7 Å². The summed E-state index contributed by atoms with van der Waals surface area (Å²) in [6, 6.07) is 17.1. The van der Waals surface area contributed by atoms with E-state index < -0.39 is 17.6 Å². The Kier molecular flexibility index (Phi) is 5.83. The van der Waals surface area contributed by atoms with Crippen LogP contribution >= 0.6 is 11.6 Å². The summed E-state index contributed by atoms with van der Waals surface area (Å²) >= 11 is 5.99. The van der Waals surface area contributed by atoms with E-state index in [1.165, 1.54) is 32.4 Å². The fraction of sp³-hybridized carbons (Fsp3) is 0.0833. The highest BCUT2D eigenvalue weighted by Crippen LogP contribution is 2.36. The van der Waals surface area contributed by atoms with Crippen LogP contribution in [0, 0.1) is 5.82 Å². The van der Waals surface area contributed by atoms with E-state index in [0.717, 1.165) is 4.90 Å². The van der Waals surface area contributed by atoms with E-state index in [0.29, 0.717) is 27.8 Å². The zero-order valence-electron chi connectivity index (χ0n) is 17.2. The summed E-state index contributed by atoms with van der Waals surface area (Å²) in [5.74, 6) is -1.05. The molecule has 1 N–H and O–H groups in total. The van der Waals surface area contributed by atoms with Crippen molar-refractivity contribution in [1.82, 2.24) is 0 Å². The first-order chi connectivity index (χ1) is 15.4. The third kappa shape index (κ3) is 3.90. The second-order valence-corrected chi connectivity index (χ2v) is 7.32. The molecule has 0 saturated heterocycles. The zero-order valence-corrected chi connectivity index (χ0v) is 17.9. The van der Waals surface area contributed by atoms with Gasteiger partial charge in [-0.15, -0.1) is 0 Å². The maximum absolute atomic E-state index is 14.5. The number of ether oxygens (including phenoxy) is 2. The van der Waals surface area contributed by atoms with Crippen molar-refractivity contribution in [3.63, 3.8) is 0 Å². The topological polar surface area (TPSA) is 67.9 Å². The lowest BCUT2D eigenvalue weighted by Gasteiger charge is -2.16. The van der Waals surface area contributed by atoms with E-state index in [4.69, 9.17) is 21.1 Å². The van der Waals surface area contributed by atoms with Gasteiger partial charge in [-0.3, -0.25) is 9.59 Å². The minimum atomic E-state index is -0.688. The van der Waals surface area contributed by atoms with Crippen LogP contribution in [0.25, 0.3) is 5.57 Å². The smallest absolute Gasteiger partial charge is 0.282 e. The first kappa shape index (κ1) is 21.4. The molecule has 3 aromatic rings. The SMILES string of the molecule is COc1cc(NC2=C(c3ccc(Cl)cc3)C(=O)N(c3ccccc3F)C2=O)cc(OC)c1. The number of hydrogen-bond acceptors (Lipinski definition) is 5. The number of anilines is 2. The van der Waals surface area contributed by atoms with Crippen LogP contribution in [0.15, 0.2) is 72.4 Å². The van der Waals surface area contributed by atoms with Gasteiger partial charge in [-0.05, 0) is 29.8 Å². The summed E-state index contributed by atoms with van der Waals surface area (Å²) in [6.45, 7) is 0. The van der Waals surface area contributed by atoms with E-state index in [-0.39, 0.29) is 17.0 Å². The fourth-order valence-corrected chi connectivity index (χ4v) is 3.53. The van der Waals surface area contributed by atoms with Crippen LogP contribution in [0.1, 0.15) is 5.56 Å². The molecule has 162 valence electrons. The molecule has 0 bridgehead atoms. The predicted octanol–water partition coefficient (Wildman–Crippen LogP) is 4.89. The molecule has 1 heterocycles. The molecule has 0 spiro atoms. The summed E-state index contributed by atoms with van der Waals surface area (Å²) in [6.07, 6.45) is 0. The molecule has 6 nitrogen and oxygen atoms in total. The fourth-order valence-electron chi connectivity index (χ4n) is 3.41. The monoisotopic (exact) mass is 452 g/mol. The van der Waals surface area contributed by atoms with Crippen molar-refractivity contribution < 1.29 is 23.5 Å². The third-order valence-corrected chi connectivity index (χ3v) is 5.18. The lowest BCUT2D eigenvalue weighted by atomic mass is 10.0. The molecule has 0 aromatic heterocycles. The van der Waals surface area contributed by atoms with E-state index in [9.17, 15) is 14.0 Å². The molecule has 8 heteroatoms. The number of hydrogen-bond donors (Lipinski definition) is 1. The van der Waals surface area contributed by atoms with E-state index >= 15 is 0 Å². The maximum Gasteiger partial charge on any atom is 0.282 e. The number of para-hydroxylation sites is 1. The minimum Gasteiger partial charge on any atom is -0.497 e.